The van der Waals surface area contributed by atoms with Gasteiger partial charge in [-0.15, -0.1) is 11.3 Å². The Balaban J connectivity index is 1.49. The summed E-state index contributed by atoms with van der Waals surface area (Å²) >= 11 is 5.00. The quantitative estimate of drug-likeness (QED) is 0.820. The molecule has 0 saturated carbocycles. The predicted octanol–water partition coefficient (Wildman–Crippen LogP) is 3.89. The van der Waals surface area contributed by atoms with Crippen molar-refractivity contribution in [2.75, 3.05) is 13.2 Å². The Kier molecular flexibility index (Phi) is 4.95. The molecule has 1 aliphatic rings. The minimum Gasteiger partial charge on any atom is -0.493 e. The van der Waals surface area contributed by atoms with Gasteiger partial charge in [-0.2, -0.15) is 0 Å². The molecule has 3 nitrogen and oxygen atoms in total. The minimum absolute atomic E-state index is 0.0663. The van der Waals surface area contributed by atoms with E-state index >= 15 is 0 Å². The highest BCUT2D eigenvalue weighted by atomic mass is 79.9. The van der Waals surface area contributed by atoms with Crippen molar-refractivity contribution in [2.45, 2.75) is 6.42 Å². The van der Waals surface area contributed by atoms with E-state index in [1.54, 1.807) is 17.4 Å². The summed E-state index contributed by atoms with van der Waals surface area (Å²) in [6.45, 7) is 1.28. The van der Waals surface area contributed by atoms with Crippen molar-refractivity contribution in [2.24, 2.45) is 5.92 Å². The van der Waals surface area contributed by atoms with Crippen LogP contribution in [0.3, 0.4) is 0 Å². The normalized spacial score (nSPS) is 17.0. The van der Waals surface area contributed by atoms with Gasteiger partial charge in [-0.1, -0.05) is 18.2 Å². The largest absolute Gasteiger partial charge is 0.493 e. The van der Waals surface area contributed by atoms with Gasteiger partial charge in [0.1, 0.15) is 5.75 Å². The summed E-state index contributed by atoms with van der Waals surface area (Å²) < 4.78 is 6.79. The molecule has 2 heterocycles. The Morgan fingerprint density at radius 3 is 3.05 bits per heavy atom. The van der Waals surface area contributed by atoms with Crippen LogP contribution in [0.2, 0.25) is 0 Å². The smallest absolute Gasteiger partial charge is 0.244 e. The van der Waals surface area contributed by atoms with Crippen LogP contribution in [0.1, 0.15) is 10.4 Å². The lowest BCUT2D eigenvalue weighted by atomic mass is 9.97. The Hall–Kier alpha value is -1.59. The maximum absolute atomic E-state index is 11.9. The number of nitrogens with one attached hydrogen (secondary N) is 1. The minimum atomic E-state index is -0.0663. The zero-order valence-corrected chi connectivity index (χ0v) is 14.3. The van der Waals surface area contributed by atoms with Crippen molar-refractivity contribution < 1.29 is 9.53 Å². The molecular weight excluding hydrogens is 362 g/mol. The third-order valence-electron chi connectivity index (χ3n) is 3.51. The van der Waals surface area contributed by atoms with Crippen LogP contribution in [0.15, 0.2) is 46.3 Å². The van der Waals surface area contributed by atoms with E-state index in [0.717, 1.165) is 20.8 Å². The highest BCUT2D eigenvalue weighted by Gasteiger charge is 2.19. The maximum Gasteiger partial charge on any atom is 0.244 e. The Morgan fingerprint density at radius 2 is 2.23 bits per heavy atom. The number of carbonyl (C=O) groups excluding carboxylic acids is 1. The summed E-state index contributed by atoms with van der Waals surface area (Å²) in [6.07, 6.45) is 4.35. The van der Waals surface area contributed by atoms with Crippen LogP contribution in [0.5, 0.6) is 5.75 Å². The number of rotatable bonds is 4. The second kappa shape index (κ2) is 7.11. The molecule has 2 aromatic rings. The molecule has 1 N–H and O–H groups in total. The maximum atomic E-state index is 11.9. The zero-order chi connectivity index (χ0) is 15.4. The first-order valence-electron chi connectivity index (χ1n) is 7.12. The zero-order valence-electron chi connectivity index (χ0n) is 11.9. The van der Waals surface area contributed by atoms with E-state index in [4.69, 9.17) is 4.74 Å². The molecule has 1 unspecified atom stereocenters. The van der Waals surface area contributed by atoms with Crippen molar-refractivity contribution >= 4 is 39.2 Å². The average Bonchev–Trinajstić information content (AvgIpc) is 2.96. The van der Waals surface area contributed by atoms with E-state index in [1.807, 2.05) is 36.4 Å². The molecule has 0 radical (unpaired) electrons. The lowest BCUT2D eigenvalue weighted by Crippen LogP contribution is -2.33. The third-order valence-corrected chi connectivity index (χ3v) is 5.10. The van der Waals surface area contributed by atoms with Crippen LogP contribution in [-0.2, 0) is 11.2 Å². The molecule has 1 aliphatic heterocycles. The first-order chi connectivity index (χ1) is 10.7. The van der Waals surface area contributed by atoms with E-state index in [9.17, 15) is 4.79 Å². The molecule has 0 spiro atoms. The molecule has 1 aromatic carbocycles. The van der Waals surface area contributed by atoms with Gasteiger partial charge in [-0.05, 0) is 52.2 Å². The van der Waals surface area contributed by atoms with Gasteiger partial charge in [0, 0.05) is 23.4 Å². The van der Waals surface area contributed by atoms with E-state index < -0.39 is 0 Å². The lowest BCUT2D eigenvalue weighted by molar-refractivity contribution is -0.116. The van der Waals surface area contributed by atoms with Crippen LogP contribution >= 0.6 is 27.3 Å². The number of thiophene rings is 1. The fourth-order valence-corrected chi connectivity index (χ4v) is 3.73. The van der Waals surface area contributed by atoms with Gasteiger partial charge in [-0.3, -0.25) is 4.79 Å². The molecule has 1 amide bonds. The van der Waals surface area contributed by atoms with Gasteiger partial charge < -0.3 is 10.1 Å². The summed E-state index contributed by atoms with van der Waals surface area (Å²) in [5.74, 6) is 1.22. The van der Waals surface area contributed by atoms with Crippen LogP contribution in [0, 0.1) is 5.92 Å². The molecule has 3 rings (SSSR count). The monoisotopic (exact) mass is 377 g/mol. The number of fused-ring (bicyclic) bond motifs is 1. The molecule has 0 aliphatic carbocycles. The molecule has 22 heavy (non-hydrogen) atoms. The molecule has 1 atom stereocenters. The molecule has 0 fully saturated rings. The Morgan fingerprint density at radius 1 is 1.36 bits per heavy atom. The van der Waals surface area contributed by atoms with Crippen molar-refractivity contribution in [3.63, 3.8) is 0 Å². The van der Waals surface area contributed by atoms with Gasteiger partial charge in [-0.25, -0.2) is 0 Å². The summed E-state index contributed by atoms with van der Waals surface area (Å²) in [4.78, 5) is 12.9. The number of para-hydroxylation sites is 1. The average molecular weight is 378 g/mol. The van der Waals surface area contributed by atoms with Gasteiger partial charge in [0.25, 0.3) is 0 Å². The van der Waals surface area contributed by atoms with E-state index in [1.165, 1.54) is 5.56 Å². The Labute approximate surface area is 142 Å². The lowest BCUT2D eigenvalue weighted by Gasteiger charge is -2.25. The molecular formula is C17H16BrNO2S. The number of hydrogen-bond donors (Lipinski definition) is 1. The fourth-order valence-electron chi connectivity index (χ4n) is 2.40. The second-order valence-electron chi connectivity index (χ2n) is 5.21. The van der Waals surface area contributed by atoms with Crippen LogP contribution in [0.4, 0.5) is 0 Å². The standard InChI is InChI=1S/C17H16BrNO2S/c18-16-7-5-14(22-16)6-8-17(20)19-10-12-9-13-3-1-2-4-15(13)21-11-12/h1-8,12H,9-11H2,(H,19,20)/b8-6+. The van der Waals surface area contributed by atoms with Crippen molar-refractivity contribution in [1.29, 1.82) is 0 Å². The molecule has 114 valence electrons. The van der Waals surface area contributed by atoms with E-state index in [-0.39, 0.29) is 5.91 Å². The van der Waals surface area contributed by atoms with Crippen molar-refractivity contribution in [3.05, 3.63) is 56.7 Å². The first kappa shape index (κ1) is 15.3. The summed E-state index contributed by atoms with van der Waals surface area (Å²) in [6, 6.07) is 12.0. The molecule has 5 heteroatoms. The van der Waals surface area contributed by atoms with Crippen LogP contribution in [-0.4, -0.2) is 19.1 Å². The van der Waals surface area contributed by atoms with E-state index in [0.29, 0.717) is 19.1 Å². The van der Waals surface area contributed by atoms with Crippen molar-refractivity contribution in [1.82, 2.24) is 5.32 Å². The van der Waals surface area contributed by atoms with Crippen LogP contribution < -0.4 is 10.1 Å². The third kappa shape index (κ3) is 3.99. The number of amides is 1. The summed E-state index contributed by atoms with van der Waals surface area (Å²) in [5, 5.41) is 2.95. The highest BCUT2D eigenvalue weighted by Crippen LogP contribution is 2.26. The van der Waals surface area contributed by atoms with Gasteiger partial charge in [0.2, 0.25) is 5.91 Å². The molecule has 0 bridgehead atoms. The van der Waals surface area contributed by atoms with Gasteiger partial charge in [0.15, 0.2) is 0 Å². The van der Waals surface area contributed by atoms with Gasteiger partial charge >= 0.3 is 0 Å². The number of ether oxygens (including phenoxy) is 1. The number of hydrogen-bond acceptors (Lipinski definition) is 3. The molecule has 0 saturated heterocycles. The first-order valence-corrected chi connectivity index (χ1v) is 8.73. The van der Waals surface area contributed by atoms with Crippen molar-refractivity contribution in [3.8, 4) is 5.75 Å². The topological polar surface area (TPSA) is 38.3 Å². The predicted molar refractivity (Wildman–Crippen MR) is 93.2 cm³/mol. The summed E-state index contributed by atoms with van der Waals surface area (Å²) in [7, 11) is 0. The molecule has 1 aromatic heterocycles. The number of halogens is 1. The Bertz CT molecular complexity index is 695. The van der Waals surface area contributed by atoms with E-state index in [2.05, 4.69) is 27.3 Å². The SMILES string of the molecule is O=C(/C=C/c1ccc(Br)s1)NCC1COc2ccccc2C1. The number of benzene rings is 1. The highest BCUT2D eigenvalue weighted by molar-refractivity contribution is 9.11. The van der Waals surface area contributed by atoms with Crippen LogP contribution in [0.25, 0.3) is 6.08 Å². The second-order valence-corrected chi connectivity index (χ2v) is 7.70. The fraction of sp³-hybridized carbons (Fsp3) is 0.235. The van der Waals surface area contributed by atoms with Gasteiger partial charge in [0.05, 0.1) is 10.4 Å². The number of carbonyl (C=O) groups is 1. The summed E-state index contributed by atoms with van der Waals surface area (Å²) in [5.41, 5.74) is 1.21.